The summed E-state index contributed by atoms with van der Waals surface area (Å²) in [6, 6.07) is 5.53. The van der Waals surface area contributed by atoms with E-state index < -0.39 is 0 Å². The number of rotatable bonds is 4. The summed E-state index contributed by atoms with van der Waals surface area (Å²) in [4.78, 5) is 8.07. The predicted octanol–water partition coefficient (Wildman–Crippen LogP) is 2.64. The maximum atomic E-state index is 6.17. The van der Waals surface area contributed by atoms with Gasteiger partial charge in [0.1, 0.15) is 11.6 Å². The molecule has 0 amide bonds. The Balaban J connectivity index is 2.21. The number of halogens is 1. The molecule has 19 heavy (non-hydrogen) atoms. The van der Waals surface area contributed by atoms with Gasteiger partial charge in [0.05, 0.1) is 7.11 Å². The van der Waals surface area contributed by atoms with Gasteiger partial charge in [-0.05, 0) is 19.1 Å². The zero-order valence-corrected chi connectivity index (χ0v) is 11.5. The molecule has 0 atom stereocenters. The first-order valence-corrected chi connectivity index (χ1v) is 6.14. The molecule has 5 nitrogen and oxygen atoms in total. The fourth-order valence-electron chi connectivity index (χ4n) is 1.71. The summed E-state index contributed by atoms with van der Waals surface area (Å²) in [5, 5.41) is 3.83. The number of nitrogens with zero attached hydrogens (tertiary/aromatic N) is 2. The lowest BCUT2D eigenvalue weighted by Crippen LogP contribution is -2.07. The van der Waals surface area contributed by atoms with Crippen LogP contribution in [0.1, 0.15) is 11.1 Å². The van der Waals surface area contributed by atoms with Gasteiger partial charge in [0.25, 0.3) is 0 Å². The summed E-state index contributed by atoms with van der Waals surface area (Å²) in [6.45, 7) is 2.41. The molecule has 0 saturated carbocycles. The number of nitrogens with two attached hydrogens (primary N) is 1. The zero-order valence-electron chi connectivity index (χ0n) is 10.8. The fourth-order valence-corrected chi connectivity index (χ4v) is 1.94. The standard InChI is InChI=1S/C13H15ClN4O/c1-8-6-17-13(15)18-12(8)16-7-9-10(14)4-3-5-11(9)19-2/h3-6H,7H2,1-2H3,(H3,15,16,17,18). The number of anilines is 2. The van der Waals surface area contributed by atoms with Crippen LogP contribution in [0.15, 0.2) is 24.4 Å². The van der Waals surface area contributed by atoms with E-state index in [9.17, 15) is 0 Å². The second-order valence-electron chi connectivity index (χ2n) is 4.03. The van der Waals surface area contributed by atoms with Crippen molar-refractivity contribution in [1.82, 2.24) is 9.97 Å². The third-order valence-corrected chi connectivity index (χ3v) is 3.07. The van der Waals surface area contributed by atoms with Crippen LogP contribution in [0.5, 0.6) is 5.75 Å². The van der Waals surface area contributed by atoms with Crippen molar-refractivity contribution in [3.63, 3.8) is 0 Å². The molecular weight excluding hydrogens is 264 g/mol. The lowest BCUT2D eigenvalue weighted by atomic mass is 10.2. The van der Waals surface area contributed by atoms with Crippen LogP contribution >= 0.6 is 11.6 Å². The molecule has 100 valence electrons. The van der Waals surface area contributed by atoms with Crippen molar-refractivity contribution in [2.45, 2.75) is 13.5 Å². The molecule has 0 saturated heterocycles. The van der Waals surface area contributed by atoms with Crippen molar-refractivity contribution in [3.05, 3.63) is 40.5 Å². The molecule has 0 bridgehead atoms. The molecule has 0 fully saturated rings. The van der Waals surface area contributed by atoms with Crippen molar-refractivity contribution >= 4 is 23.4 Å². The topological polar surface area (TPSA) is 73.1 Å². The minimum Gasteiger partial charge on any atom is -0.496 e. The van der Waals surface area contributed by atoms with Crippen molar-refractivity contribution in [2.75, 3.05) is 18.2 Å². The summed E-state index contributed by atoms with van der Waals surface area (Å²) >= 11 is 6.17. The van der Waals surface area contributed by atoms with Gasteiger partial charge < -0.3 is 15.8 Å². The number of aromatic nitrogens is 2. The van der Waals surface area contributed by atoms with Gasteiger partial charge in [-0.15, -0.1) is 0 Å². The average Bonchev–Trinajstić information content (AvgIpc) is 2.40. The number of aryl methyl sites for hydroxylation is 1. The first-order chi connectivity index (χ1) is 9.11. The summed E-state index contributed by atoms with van der Waals surface area (Å²) in [6.07, 6.45) is 1.68. The SMILES string of the molecule is COc1cccc(Cl)c1CNc1nc(N)ncc1C. The van der Waals surface area contributed by atoms with Gasteiger partial charge in [-0.3, -0.25) is 0 Å². The molecule has 6 heteroatoms. The number of hydrogen-bond donors (Lipinski definition) is 2. The Morgan fingerprint density at radius 3 is 2.95 bits per heavy atom. The lowest BCUT2D eigenvalue weighted by Gasteiger charge is -2.13. The quantitative estimate of drug-likeness (QED) is 0.899. The second kappa shape index (κ2) is 5.75. The molecule has 0 unspecified atom stereocenters. The average molecular weight is 279 g/mol. The molecular formula is C13H15ClN4O. The van der Waals surface area contributed by atoms with Crippen LogP contribution in [0.2, 0.25) is 5.02 Å². The highest BCUT2D eigenvalue weighted by atomic mass is 35.5. The van der Waals surface area contributed by atoms with Crippen LogP contribution in [-0.2, 0) is 6.54 Å². The maximum absolute atomic E-state index is 6.17. The Hall–Kier alpha value is -2.01. The molecule has 0 spiro atoms. The number of benzene rings is 1. The van der Waals surface area contributed by atoms with Crippen LogP contribution in [0, 0.1) is 6.92 Å². The number of methoxy groups -OCH3 is 1. The molecule has 3 N–H and O–H groups in total. The van der Waals surface area contributed by atoms with Crippen LogP contribution in [0.3, 0.4) is 0 Å². The van der Waals surface area contributed by atoms with E-state index in [2.05, 4.69) is 15.3 Å². The predicted molar refractivity (Wildman–Crippen MR) is 76.5 cm³/mol. The Morgan fingerprint density at radius 1 is 1.42 bits per heavy atom. The molecule has 2 aromatic rings. The van der Waals surface area contributed by atoms with E-state index in [0.717, 1.165) is 16.9 Å². The first kappa shape index (κ1) is 13.4. The van der Waals surface area contributed by atoms with Gasteiger partial charge in [-0.1, -0.05) is 17.7 Å². The zero-order chi connectivity index (χ0) is 13.8. The summed E-state index contributed by atoms with van der Waals surface area (Å²) in [5.74, 6) is 1.66. The van der Waals surface area contributed by atoms with Crippen LogP contribution in [0.4, 0.5) is 11.8 Å². The molecule has 2 rings (SSSR count). The van der Waals surface area contributed by atoms with E-state index in [0.29, 0.717) is 17.4 Å². The van der Waals surface area contributed by atoms with Crippen molar-refractivity contribution in [3.8, 4) is 5.75 Å². The highest BCUT2D eigenvalue weighted by Gasteiger charge is 2.08. The van der Waals surface area contributed by atoms with Gasteiger partial charge in [-0.25, -0.2) is 4.98 Å². The largest absolute Gasteiger partial charge is 0.496 e. The third-order valence-electron chi connectivity index (χ3n) is 2.72. The van der Waals surface area contributed by atoms with Crippen molar-refractivity contribution in [2.24, 2.45) is 0 Å². The summed E-state index contributed by atoms with van der Waals surface area (Å²) < 4.78 is 5.29. The molecule has 0 aliphatic heterocycles. The van der Waals surface area contributed by atoms with Gasteiger partial charge in [-0.2, -0.15) is 4.98 Å². The minimum atomic E-state index is 0.235. The van der Waals surface area contributed by atoms with Gasteiger partial charge in [0.15, 0.2) is 0 Å². The molecule has 0 aliphatic rings. The highest BCUT2D eigenvalue weighted by molar-refractivity contribution is 6.31. The van der Waals surface area contributed by atoms with E-state index in [1.165, 1.54) is 0 Å². The van der Waals surface area contributed by atoms with Crippen molar-refractivity contribution in [1.29, 1.82) is 0 Å². The normalized spacial score (nSPS) is 10.3. The van der Waals surface area contributed by atoms with Gasteiger partial charge in [0.2, 0.25) is 5.95 Å². The minimum absolute atomic E-state index is 0.235. The second-order valence-corrected chi connectivity index (χ2v) is 4.44. The number of ether oxygens (including phenoxy) is 1. The number of nitrogens with one attached hydrogen (secondary N) is 1. The highest BCUT2D eigenvalue weighted by Crippen LogP contribution is 2.27. The molecule has 1 heterocycles. The van der Waals surface area contributed by atoms with Crippen LogP contribution in [0.25, 0.3) is 0 Å². The van der Waals surface area contributed by atoms with Crippen LogP contribution < -0.4 is 15.8 Å². The maximum Gasteiger partial charge on any atom is 0.221 e. The summed E-state index contributed by atoms with van der Waals surface area (Å²) in [5.41, 5.74) is 7.36. The lowest BCUT2D eigenvalue weighted by molar-refractivity contribution is 0.410. The molecule has 1 aromatic carbocycles. The van der Waals surface area contributed by atoms with Crippen LogP contribution in [-0.4, -0.2) is 17.1 Å². The Kier molecular flexibility index (Phi) is 4.06. The fraction of sp³-hybridized carbons (Fsp3) is 0.231. The molecule has 1 aromatic heterocycles. The third kappa shape index (κ3) is 3.06. The van der Waals surface area contributed by atoms with E-state index in [1.807, 2.05) is 25.1 Å². The first-order valence-electron chi connectivity index (χ1n) is 5.76. The molecule has 0 radical (unpaired) electrons. The summed E-state index contributed by atoms with van der Waals surface area (Å²) in [7, 11) is 1.61. The van der Waals surface area contributed by atoms with Gasteiger partial charge >= 0.3 is 0 Å². The van der Waals surface area contributed by atoms with Gasteiger partial charge in [0, 0.05) is 28.9 Å². The van der Waals surface area contributed by atoms with E-state index >= 15 is 0 Å². The Labute approximate surface area is 116 Å². The smallest absolute Gasteiger partial charge is 0.221 e. The Morgan fingerprint density at radius 2 is 2.21 bits per heavy atom. The number of nitrogen functional groups attached to an aromatic ring is 1. The molecule has 0 aliphatic carbocycles. The van der Waals surface area contributed by atoms with E-state index in [1.54, 1.807) is 13.3 Å². The van der Waals surface area contributed by atoms with E-state index in [4.69, 9.17) is 22.1 Å². The Bertz CT molecular complexity index is 589. The van der Waals surface area contributed by atoms with Crippen molar-refractivity contribution < 1.29 is 4.74 Å². The number of hydrogen-bond acceptors (Lipinski definition) is 5. The monoisotopic (exact) mass is 278 g/mol. The van der Waals surface area contributed by atoms with E-state index in [-0.39, 0.29) is 5.95 Å².